The number of esters is 1. The molecule has 1 aliphatic rings. The summed E-state index contributed by atoms with van der Waals surface area (Å²) in [5.74, 6) is -1.11. The summed E-state index contributed by atoms with van der Waals surface area (Å²) in [5, 5.41) is 10.8. The van der Waals surface area contributed by atoms with Crippen LogP contribution in [-0.2, 0) is 23.4 Å². The first-order valence-electron chi connectivity index (χ1n) is 11.4. The highest BCUT2D eigenvalue weighted by Gasteiger charge is 2.52. The van der Waals surface area contributed by atoms with Gasteiger partial charge in [-0.1, -0.05) is 25.1 Å². The van der Waals surface area contributed by atoms with Crippen LogP contribution < -0.4 is 21.5 Å². The third-order valence-corrected chi connectivity index (χ3v) is 7.63. The van der Waals surface area contributed by atoms with E-state index in [1.807, 2.05) is 0 Å². The van der Waals surface area contributed by atoms with E-state index in [0.717, 1.165) is 10.6 Å². The fraction of sp³-hybridized carbons (Fsp3) is 0.522. The number of hydrogen-bond donors (Lipinski definition) is 3. The van der Waals surface area contributed by atoms with Gasteiger partial charge in [-0.2, -0.15) is 0 Å². The van der Waals surface area contributed by atoms with Crippen LogP contribution >= 0.6 is 7.60 Å². The topological polar surface area (TPSA) is 172 Å². The van der Waals surface area contributed by atoms with Crippen LogP contribution in [0.2, 0.25) is 0 Å². The maximum absolute atomic E-state index is 13.7. The molecule has 0 spiro atoms. The molecule has 0 radical (unpaired) electrons. The predicted octanol–water partition coefficient (Wildman–Crippen LogP) is 1.39. The number of para-hydroxylation sites is 1. The molecule has 1 aliphatic heterocycles. The zero-order valence-corrected chi connectivity index (χ0v) is 21.4. The Morgan fingerprint density at radius 2 is 1.92 bits per heavy atom. The number of aliphatic hydroxyl groups excluding tert-OH is 1. The van der Waals surface area contributed by atoms with Crippen LogP contribution in [0.3, 0.4) is 0 Å². The van der Waals surface area contributed by atoms with E-state index in [9.17, 15) is 24.1 Å². The molecule has 3 rings (SSSR count). The number of carbonyl (C=O) groups is 1. The molecular weight excluding hydrogens is 493 g/mol. The van der Waals surface area contributed by atoms with Crippen molar-refractivity contribution in [2.75, 3.05) is 12.8 Å². The molecule has 6 atom stereocenters. The largest absolute Gasteiger partial charge is 0.463 e. The fourth-order valence-electron chi connectivity index (χ4n) is 3.74. The minimum Gasteiger partial charge on any atom is -0.463 e. The Balaban J connectivity index is 1.80. The van der Waals surface area contributed by atoms with Gasteiger partial charge in [0.25, 0.3) is 5.56 Å². The number of nitrogens with two attached hydrogens (primary N) is 1. The summed E-state index contributed by atoms with van der Waals surface area (Å²) in [5.41, 5.74) is 3.45. The number of H-pyrrole nitrogens is 1. The Morgan fingerprint density at radius 1 is 1.25 bits per heavy atom. The van der Waals surface area contributed by atoms with Gasteiger partial charge in [-0.25, -0.2) is 9.36 Å². The van der Waals surface area contributed by atoms with Crippen LogP contribution in [0.15, 0.2) is 52.2 Å². The molecule has 36 heavy (non-hydrogen) atoms. The Bertz CT molecular complexity index is 1210. The molecule has 2 heterocycles. The zero-order chi connectivity index (χ0) is 26.7. The second kappa shape index (κ2) is 11.1. The smallest absolute Gasteiger partial charge is 0.380 e. The minimum absolute atomic E-state index is 0.263. The number of nitrogens with one attached hydrogen (secondary N) is 1. The van der Waals surface area contributed by atoms with Gasteiger partial charge in [-0.05, 0) is 32.9 Å². The second-order valence-electron chi connectivity index (χ2n) is 9.24. The summed E-state index contributed by atoms with van der Waals surface area (Å²) in [7, 11) is -3.97. The first-order chi connectivity index (χ1) is 16.8. The molecule has 0 saturated carbocycles. The Morgan fingerprint density at radius 3 is 2.53 bits per heavy atom. The third kappa shape index (κ3) is 6.51. The first-order valence-corrected chi connectivity index (χ1v) is 13.2. The van der Waals surface area contributed by atoms with Crippen molar-refractivity contribution in [2.24, 2.45) is 11.7 Å². The lowest BCUT2D eigenvalue weighted by molar-refractivity contribution is -0.151. The normalized spacial score (nSPS) is 26.4. The van der Waals surface area contributed by atoms with Crippen molar-refractivity contribution in [2.45, 2.75) is 57.8 Å². The van der Waals surface area contributed by atoms with Crippen LogP contribution in [0.4, 0.5) is 0 Å². The summed E-state index contributed by atoms with van der Waals surface area (Å²) in [6, 6.07) is 9.42. The van der Waals surface area contributed by atoms with Crippen molar-refractivity contribution in [3.8, 4) is 5.75 Å². The summed E-state index contributed by atoms with van der Waals surface area (Å²) in [4.78, 5) is 38.1. The molecule has 1 saturated heterocycles. The number of benzene rings is 1. The fourth-order valence-corrected chi connectivity index (χ4v) is 5.61. The summed E-state index contributed by atoms with van der Waals surface area (Å²) < 4.78 is 37.2. The number of hydrogen-bond acceptors (Lipinski definition) is 10. The van der Waals surface area contributed by atoms with Crippen molar-refractivity contribution in [3.05, 3.63) is 63.4 Å². The molecule has 0 bridgehead atoms. The Labute approximate surface area is 207 Å². The predicted molar refractivity (Wildman–Crippen MR) is 130 cm³/mol. The first kappa shape index (κ1) is 27.8. The molecule has 1 aromatic carbocycles. The number of aliphatic hydroxyl groups is 1. The number of carbonyl (C=O) groups excluding carboxylic acids is 1. The van der Waals surface area contributed by atoms with Crippen LogP contribution in [0.5, 0.6) is 5.75 Å². The van der Waals surface area contributed by atoms with Gasteiger partial charge >= 0.3 is 19.3 Å². The van der Waals surface area contributed by atoms with E-state index in [1.54, 1.807) is 51.1 Å². The summed E-state index contributed by atoms with van der Waals surface area (Å²) in [6.07, 6.45) is -3.03. The summed E-state index contributed by atoms with van der Waals surface area (Å²) in [6.45, 7) is 6.01. The van der Waals surface area contributed by atoms with Gasteiger partial charge in [0.1, 0.15) is 18.0 Å². The van der Waals surface area contributed by atoms with Gasteiger partial charge in [0.05, 0.1) is 30.3 Å². The van der Waals surface area contributed by atoms with Crippen molar-refractivity contribution >= 4 is 13.6 Å². The number of aromatic amines is 1. The number of aromatic nitrogens is 2. The molecule has 2 aromatic rings. The number of rotatable bonds is 10. The molecule has 0 aliphatic carbocycles. The molecule has 12 nitrogen and oxygen atoms in total. The van der Waals surface area contributed by atoms with E-state index in [2.05, 4.69) is 4.98 Å². The monoisotopic (exact) mass is 525 g/mol. The van der Waals surface area contributed by atoms with E-state index in [4.69, 9.17) is 24.3 Å². The lowest BCUT2D eigenvalue weighted by Crippen LogP contribution is -2.53. The zero-order valence-electron chi connectivity index (χ0n) is 20.5. The van der Waals surface area contributed by atoms with E-state index in [1.165, 1.54) is 13.1 Å². The van der Waals surface area contributed by atoms with Gasteiger partial charge in [0.15, 0.2) is 6.23 Å². The average molecular weight is 525 g/mol. The van der Waals surface area contributed by atoms with Crippen LogP contribution in [0.1, 0.15) is 33.9 Å². The quantitative estimate of drug-likeness (QED) is 0.304. The maximum atomic E-state index is 13.7. The van der Waals surface area contributed by atoms with Gasteiger partial charge in [0, 0.05) is 12.3 Å². The van der Waals surface area contributed by atoms with Crippen molar-refractivity contribution in [3.63, 3.8) is 0 Å². The molecule has 4 N–H and O–H groups in total. The number of ether oxygens (including phenoxy) is 2. The highest BCUT2D eigenvalue weighted by molar-refractivity contribution is 7.54. The van der Waals surface area contributed by atoms with Crippen LogP contribution in [0.25, 0.3) is 0 Å². The highest BCUT2D eigenvalue weighted by atomic mass is 31.2. The van der Waals surface area contributed by atoms with Crippen molar-refractivity contribution < 1.29 is 33.0 Å². The molecule has 0 amide bonds. The third-order valence-electron chi connectivity index (χ3n) is 5.60. The maximum Gasteiger partial charge on any atom is 0.380 e. The van der Waals surface area contributed by atoms with Crippen molar-refractivity contribution in [1.29, 1.82) is 0 Å². The molecular formula is C23H32N3O9P. The summed E-state index contributed by atoms with van der Waals surface area (Å²) >= 11 is 0. The van der Waals surface area contributed by atoms with E-state index in [-0.39, 0.29) is 18.0 Å². The molecule has 1 unspecified atom stereocenters. The number of nitrogens with zero attached hydrogens (tertiary/aromatic N) is 1. The van der Waals surface area contributed by atoms with Crippen LogP contribution in [-0.4, -0.2) is 57.2 Å². The average Bonchev–Trinajstić information content (AvgIpc) is 3.01. The Hall–Kier alpha value is -2.76. The van der Waals surface area contributed by atoms with Gasteiger partial charge < -0.3 is 24.8 Å². The van der Waals surface area contributed by atoms with Gasteiger partial charge in [-0.3, -0.25) is 23.7 Å². The Kier molecular flexibility index (Phi) is 8.58. The molecule has 198 valence electrons. The van der Waals surface area contributed by atoms with Gasteiger partial charge in [-0.15, -0.1) is 0 Å². The minimum atomic E-state index is -3.97. The lowest BCUT2D eigenvalue weighted by atomic mass is 9.93. The SMILES string of the molecule is CC(C)OC(=O)[C@@H](C)CP(=O)(OC[C@H]1O[C@@H](n2ccc(=O)[nH]c2=O)[C@](C)(N)[C@@H]1O)Oc1ccccc1. The van der Waals surface area contributed by atoms with Crippen LogP contribution in [0, 0.1) is 5.92 Å². The molecule has 1 aromatic heterocycles. The highest BCUT2D eigenvalue weighted by Crippen LogP contribution is 2.51. The van der Waals surface area contributed by atoms with Crippen molar-refractivity contribution in [1.82, 2.24) is 9.55 Å². The van der Waals surface area contributed by atoms with E-state index >= 15 is 0 Å². The van der Waals surface area contributed by atoms with E-state index < -0.39 is 61.3 Å². The lowest BCUT2D eigenvalue weighted by Gasteiger charge is -2.28. The second-order valence-corrected chi connectivity index (χ2v) is 11.3. The standard InChI is InChI=1S/C23H32N3O9P/c1-14(2)33-20(29)15(3)13-36(31,35-16-8-6-5-7-9-16)32-12-17-19(28)23(4,24)21(34-17)26-11-10-18(27)25-22(26)30/h5-11,14-15,17,19,21,28H,12-13,24H2,1-4H3,(H,25,27,30)/t15-,17+,19+,21+,23+,36?/m0/s1. The van der Waals surface area contributed by atoms with Gasteiger partial charge in [0.2, 0.25) is 0 Å². The molecule has 13 heteroatoms. The molecule has 1 fully saturated rings. The van der Waals surface area contributed by atoms with E-state index in [0.29, 0.717) is 0 Å².